The highest BCUT2D eigenvalue weighted by Gasteiger charge is 2.12. The first kappa shape index (κ1) is 16.7. The molecule has 0 bridgehead atoms. The third kappa shape index (κ3) is 6.06. The summed E-state index contributed by atoms with van der Waals surface area (Å²) in [6.45, 7) is 8.63. The first-order chi connectivity index (χ1) is 9.04. The molecule has 0 spiro atoms. The Morgan fingerprint density at radius 3 is 2.84 bits per heavy atom. The lowest BCUT2D eigenvalue weighted by Crippen LogP contribution is -2.25. The van der Waals surface area contributed by atoms with Crippen LogP contribution in [0.15, 0.2) is 10.7 Å². The molecule has 1 heterocycles. The van der Waals surface area contributed by atoms with Crippen molar-refractivity contribution in [2.75, 3.05) is 33.7 Å². The van der Waals surface area contributed by atoms with Crippen LogP contribution in [0.1, 0.15) is 26.0 Å². The molecule has 4 nitrogen and oxygen atoms in total. The van der Waals surface area contributed by atoms with Crippen LogP contribution in [0.25, 0.3) is 0 Å². The first-order valence-electron chi connectivity index (χ1n) is 7.10. The van der Waals surface area contributed by atoms with Crippen LogP contribution in [0.3, 0.4) is 0 Å². The van der Waals surface area contributed by atoms with Crippen molar-refractivity contribution in [3.63, 3.8) is 0 Å². The second-order valence-electron chi connectivity index (χ2n) is 5.48. The summed E-state index contributed by atoms with van der Waals surface area (Å²) in [6, 6.07) is 0. The predicted molar refractivity (Wildman–Crippen MR) is 84.5 cm³/mol. The van der Waals surface area contributed by atoms with Gasteiger partial charge in [-0.2, -0.15) is 5.10 Å². The Balaban J connectivity index is 2.53. The van der Waals surface area contributed by atoms with Crippen LogP contribution in [0, 0.1) is 5.92 Å². The van der Waals surface area contributed by atoms with Crippen LogP contribution in [-0.4, -0.2) is 48.4 Å². The number of nitrogens with one attached hydrogen (secondary N) is 1. The molecule has 0 fully saturated rings. The summed E-state index contributed by atoms with van der Waals surface area (Å²) in [6.07, 6.45) is 4.17. The van der Waals surface area contributed by atoms with E-state index >= 15 is 0 Å². The summed E-state index contributed by atoms with van der Waals surface area (Å²) in [5.41, 5.74) is 1.31. The minimum Gasteiger partial charge on any atom is -0.316 e. The number of nitrogens with zero attached hydrogens (tertiary/aromatic N) is 3. The molecule has 1 N–H and O–H groups in total. The van der Waals surface area contributed by atoms with Gasteiger partial charge in [0.25, 0.3) is 0 Å². The van der Waals surface area contributed by atoms with E-state index < -0.39 is 0 Å². The van der Waals surface area contributed by atoms with Gasteiger partial charge in [-0.05, 0) is 61.9 Å². The fraction of sp³-hybridized carbons (Fsp3) is 0.786. The summed E-state index contributed by atoms with van der Waals surface area (Å²) < 4.78 is 3.26. The van der Waals surface area contributed by atoms with Gasteiger partial charge >= 0.3 is 0 Å². The molecule has 1 rings (SSSR count). The lowest BCUT2D eigenvalue weighted by molar-refractivity contribution is 0.366. The quantitative estimate of drug-likeness (QED) is 0.706. The molecule has 110 valence electrons. The summed E-state index contributed by atoms with van der Waals surface area (Å²) in [4.78, 5) is 2.19. The van der Waals surface area contributed by atoms with Crippen molar-refractivity contribution in [3.05, 3.63) is 16.4 Å². The number of rotatable bonds is 9. The molecule has 0 amide bonds. The number of hydrogen-bond donors (Lipinski definition) is 1. The number of aromatic nitrogens is 2. The van der Waals surface area contributed by atoms with E-state index in [1.165, 1.54) is 12.1 Å². The van der Waals surface area contributed by atoms with Crippen molar-refractivity contribution in [1.29, 1.82) is 0 Å². The average molecular weight is 331 g/mol. The minimum absolute atomic E-state index is 0.623. The molecule has 0 radical (unpaired) electrons. The van der Waals surface area contributed by atoms with Crippen LogP contribution in [0.2, 0.25) is 0 Å². The van der Waals surface area contributed by atoms with Gasteiger partial charge < -0.3 is 10.2 Å². The lowest BCUT2D eigenvalue weighted by Gasteiger charge is -2.16. The molecular formula is C14H27BrN4. The van der Waals surface area contributed by atoms with Gasteiger partial charge in [-0.1, -0.05) is 13.8 Å². The molecule has 19 heavy (non-hydrogen) atoms. The van der Waals surface area contributed by atoms with Crippen LogP contribution in [0.5, 0.6) is 0 Å². The molecule has 0 aliphatic rings. The third-order valence-electron chi connectivity index (χ3n) is 3.12. The zero-order valence-electron chi connectivity index (χ0n) is 12.6. The van der Waals surface area contributed by atoms with Gasteiger partial charge in [0.2, 0.25) is 0 Å². The number of likely N-dealkylation sites (N-methyl/N-ethyl adjacent to an activating group) is 1. The Morgan fingerprint density at radius 2 is 2.21 bits per heavy atom. The molecule has 0 aromatic carbocycles. The third-order valence-corrected chi connectivity index (χ3v) is 3.78. The van der Waals surface area contributed by atoms with E-state index in [2.05, 4.69) is 63.9 Å². The highest BCUT2D eigenvalue weighted by molar-refractivity contribution is 9.10. The maximum atomic E-state index is 4.46. The van der Waals surface area contributed by atoms with Crippen molar-refractivity contribution in [3.8, 4) is 0 Å². The van der Waals surface area contributed by atoms with Gasteiger partial charge in [-0.25, -0.2) is 0 Å². The molecule has 0 saturated heterocycles. The normalized spacial score (nSPS) is 13.2. The molecule has 1 aromatic rings. The standard InChI is InChI=1S/C14H27BrN4/c1-5-6-16-10-12(2)9-14-13(15)11-17-19(14)8-7-18(3)4/h11-12,16H,5-10H2,1-4H3. The minimum atomic E-state index is 0.623. The van der Waals surface area contributed by atoms with Gasteiger partial charge in [0.05, 0.1) is 22.9 Å². The van der Waals surface area contributed by atoms with Gasteiger partial charge in [0.15, 0.2) is 0 Å². The smallest absolute Gasteiger partial charge is 0.0635 e. The van der Waals surface area contributed by atoms with E-state index in [4.69, 9.17) is 0 Å². The molecule has 0 aliphatic heterocycles. The van der Waals surface area contributed by atoms with Crippen LogP contribution >= 0.6 is 15.9 Å². The molecule has 0 saturated carbocycles. The predicted octanol–water partition coefficient (Wildman–Crippen LogP) is 2.39. The molecule has 0 aliphatic carbocycles. The average Bonchev–Trinajstić information content (AvgIpc) is 2.69. The fourth-order valence-electron chi connectivity index (χ4n) is 2.01. The number of halogens is 1. The Kier molecular flexibility index (Phi) is 7.64. The monoisotopic (exact) mass is 330 g/mol. The van der Waals surface area contributed by atoms with Gasteiger partial charge in [-0.3, -0.25) is 4.68 Å². The zero-order chi connectivity index (χ0) is 14.3. The van der Waals surface area contributed by atoms with Crippen molar-refractivity contribution < 1.29 is 0 Å². The second-order valence-corrected chi connectivity index (χ2v) is 6.33. The Labute approximate surface area is 125 Å². The van der Waals surface area contributed by atoms with E-state index in [1.54, 1.807) is 0 Å². The summed E-state index contributed by atoms with van der Waals surface area (Å²) >= 11 is 3.62. The summed E-state index contributed by atoms with van der Waals surface area (Å²) in [5, 5.41) is 7.94. The van der Waals surface area contributed by atoms with E-state index in [0.717, 1.165) is 37.1 Å². The molecule has 5 heteroatoms. The number of hydrogen-bond acceptors (Lipinski definition) is 3. The largest absolute Gasteiger partial charge is 0.316 e. The second kappa shape index (κ2) is 8.72. The van der Waals surface area contributed by atoms with E-state index in [1.807, 2.05) is 6.20 Å². The first-order valence-corrected chi connectivity index (χ1v) is 7.89. The lowest BCUT2D eigenvalue weighted by atomic mass is 10.1. The van der Waals surface area contributed by atoms with E-state index in [0.29, 0.717) is 5.92 Å². The maximum Gasteiger partial charge on any atom is 0.0635 e. The van der Waals surface area contributed by atoms with Crippen molar-refractivity contribution in [1.82, 2.24) is 20.0 Å². The van der Waals surface area contributed by atoms with Crippen molar-refractivity contribution >= 4 is 15.9 Å². The van der Waals surface area contributed by atoms with Gasteiger partial charge in [0, 0.05) is 6.54 Å². The highest BCUT2D eigenvalue weighted by Crippen LogP contribution is 2.19. The Morgan fingerprint density at radius 1 is 1.47 bits per heavy atom. The maximum absolute atomic E-state index is 4.46. The molecular weight excluding hydrogens is 304 g/mol. The van der Waals surface area contributed by atoms with Crippen LogP contribution < -0.4 is 5.32 Å². The SMILES string of the molecule is CCCNCC(C)Cc1c(Br)cnn1CCN(C)C. The van der Waals surface area contributed by atoms with Gasteiger partial charge in [0.1, 0.15) is 0 Å². The van der Waals surface area contributed by atoms with E-state index in [9.17, 15) is 0 Å². The van der Waals surface area contributed by atoms with E-state index in [-0.39, 0.29) is 0 Å². The van der Waals surface area contributed by atoms with Crippen LogP contribution in [-0.2, 0) is 13.0 Å². The Hall–Kier alpha value is -0.390. The zero-order valence-corrected chi connectivity index (χ0v) is 14.2. The highest BCUT2D eigenvalue weighted by atomic mass is 79.9. The van der Waals surface area contributed by atoms with Gasteiger partial charge in [-0.15, -0.1) is 0 Å². The summed E-state index contributed by atoms with van der Waals surface area (Å²) in [5.74, 6) is 0.623. The molecule has 1 aromatic heterocycles. The van der Waals surface area contributed by atoms with Crippen molar-refractivity contribution in [2.45, 2.75) is 33.2 Å². The summed E-state index contributed by atoms with van der Waals surface area (Å²) in [7, 11) is 4.19. The Bertz CT molecular complexity index is 362. The van der Waals surface area contributed by atoms with Crippen LogP contribution in [0.4, 0.5) is 0 Å². The molecule has 1 unspecified atom stereocenters. The van der Waals surface area contributed by atoms with Crippen molar-refractivity contribution in [2.24, 2.45) is 5.92 Å². The fourth-order valence-corrected chi connectivity index (χ4v) is 2.46. The molecule has 1 atom stereocenters. The topological polar surface area (TPSA) is 33.1 Å².